The number of thiazole rings is 1. The Balaban J connectivity index is 1.49. The molecule has 1 N–H and O–H groups in total. The first-order chi connectivity index (χ1) is 18.8. The lowest BCUT2D eigenvalue weighted by molar-refractivity contribution is -0.132. The van der Waals surface area contributed by atoms with E-state index in [0.29, 0.717) is 40.1 Å². The highest BCUT2D eigenvalue weighted by atomic mass is 32.1. The molecule has 0 bridgehead atoms. The summed E-state index contributed by atoms with van der Waals surface area (Å²) in [6.45, 7) is 4.53. The number of aromatic nitrogens is 1. The SMILES string of the molecule is CCCOc1ccc([C@@H]2C(=C(O)c3ccc4c(c3)C[C@@H](C)O4)C(=O)C(=O)N2c2nc3ccc(F)cc3s2)cc1. The number of nitrogens with zero attached hydrogens (tertiary/aromatic N) is 2. The highest BCUT2D eigenvalue weighted by Gasteiger charge is 2.48. The Kier molecular flexibility index (Phi) is 6.31. The summed E-state index contributed by atoms with van der Waals surface area (Å²) in [6, 6.07) is 15.5. The van der Waals surface area contributed by atoms with Crippen molar-refractivity contribution < 1.29 is 28.6 Å². The number of anilines is 1. The van der Waals surface area contributed by atoms with Crippen molar-refractivity contribution in [2.75, 3.05) is 11.5 Å². The first-order valence-electron chi connectivity index (χ1n) is 12.7. The van der Waals surface area contributed by atoms with E-state index in [0.717, 1.165) is 29.1 Å². The van der Waals surface area contributed by atoms with Gasteiger partial charge < -0.3 is 14.6 Å². The summed E-state index contributed by atoms with van der Waals surface area (Å²) < 4.78 is 25.9. The zero-order valence-corrected chi connectivity index (χ0v) is 22.1. The number of rotatable bonds is 6. The van der Waals surface area contributed by atoms with Gasteiger partial charge in [0, 0.05) is 12.0 Å². The van der Waals surface area contributed by atoms with Gasteiger partial charge in [-0.15, -0.1) is 0 Å². The van der Waals surface area contributed by atoms with Gasteiger partial charge in [0.15, 0.2) is 5.13 Å². The van der Waals surface area contributed by atoms with E-state index in [9.17, 15) is 19.1 Å². The lowest BCUT2D eigenvalue weighted by Gasteiger charge is -2.23. The number of amides is 1. The van der Waals surface area contributed by atoms with Crippen LogP contribution in [0.25, 0.3) is 16.0 Å². The van der Waals surface area contributed by atoms with Gasteiger partial charge in [-0.3, -0.25) is 14.5 Å². The number of benzene rings is 3. The fourth-order valence-corrected chi connectivity index (χ4v) is 6.04. The van der Waals surface area contributed by atoms with Crippen LogP contribution in [0.2, 0.25) is 0 Å². The minimum atomic E-state index is -0.945. The molecule has 0 saturated carbocycles. The Hall–Kier alpha value is -4.24. The second-order valence-corrected chi connectivity index (χ2v) is 10.7. The number of carbonyl (C=O) groups excluding carboxylic acids is 2. The third-order valence-corrected chi connectivity index (χ3v) is 7.85. The number of halogens is 1. The van der Waals surface area contributed by atoms with Crippen molar-refractivity contribution in [3.8, 4) is 11.5 Å². The molecule has 3 heterocycles. The van der Waals surface area contributed by atoms with Crippen LogP contribution in [0.5, 0.6) is 11.5 Å². The molecule has 2 aliphatic rings. The van der Waals surface area contributed by atoms with Crippen molar-refractivity contribution in [3.63, 3.8) is 0 Å². The van der Waals surface area contributed by atoms with Gasteiger partial charge in [-0.1, -0.05) is 30.4 Å². The van der Waals surface area contributed by atoms with E-state index in [4.69, 9.17) is 9.47 Å². The Morgan fingerprint density at radius 2 is 1.95 bits per heavy atom. The van der Waals surface area contributed by atoms with Crippen LogP contribution >= 0.6 is 11.3 Å². The van der Waals surface area contributed by atoms with Gasteiger partial charge in [0.05, 0.1) is 28.4 Å². The molecule has 1 fully saturated rings. The number of hydrogen-bond acceptors (Lipinski definition) is 7. The van der Waals surface area contributed by atoms with Crippen molar-refractivity contribution in [3.05, 3.63) is 88.7 Å². The van der Waals surface area contributed by atoms with Gasteiger partial charge in [0.2, 0.25) is 0 Å². The van der Waals surface area contributed by atoms with Crippen LogP contribution in [-0.2, 0) is 16.0 Å². The summed E-state index contributed by atoms with van der Waals surface area (Å²) in [6.07, 6.45) is 1.54. The number of carbonyl (C=O) groups is 2. The topological polar surface area (TPSA) is 89.0 Å². The molecule has 2 aliphatic heterocycles. The lowest BCUT2D eigenvalue weighted by Crippen LogP contribution is -2.29. The van der Waals surface area contributed by atoms with Gasteiger partial charge in [-0.2, -0.15) is 0 Å². The van der Waals surface area contributed by atoms with Gasteiger partial charge >= 0.3 is 5.91 Å². The summed E-state index contributed by atoms with van der Waals surface area (Å²) in [5.41, 5.74) is 2.41. The van der Waals surface area contributed by atoms with E-state index in [2.05, 4.69) is 4.98 Å². The molecule has 6 rings (SSSR count). The van der Waals surface area contributed by atoms with Crippen LogP contribution in [0.1, 0.15) is 43.0 Å². The van der Waals surface area contributed by atoms with Crippen LogP contribution in [0.15, 0.2) is 66.2 Å². The fraction of sp³-hybridized carbons (Fsp3) is 0.233. The molecule has 1 saturated heterocycles. The number of ether oxygens (including phenoxy) is 2. The second kappa shape index (κ2) is 9.81. The van der Waals surface area contributed by atoms with E-state index < -0.39 is 23.5 Å². The molecule has 2 atom stereocenters. The minimum absolute atomic E-state index is 0.0142. The largest absolute Gasteiger partial charge is 0.507 e. The summed E-state index contributed by atoms with van der Waals surface area (Å²) in [5, 5.41) is 11.7. The zero-order valence-electron chi connectivity index (χ0n) is 21.3. The van der Waals surface area contributed by atoms with Crippen LogP contribution in [-0.4, -0.2) is 34.5 Å². The molecule has 0 unspecified atom stereocenters. The molecule has 7 nitrogen and oxygen atoms in total. The molecule has 3 aromatic carbocycles. The number of aliphatic hydroxyl groups is 1. The van der Waals surface area contributed by atoms with Gasteiger partial charge in [0.25, 0.3) is 5.78 Å². The van der Waals surface area contributed by atoms with Gasteiger partial charge in [-0.05, 0) is 73.0 Å². The Morgan fingerprint density at radius 3 is 2.72 bits per heavy atom. The monoisotopic (exact) mass is 544 g/mol. The molecule has 0 aliphatic carbocycles. The summed E-state index contributed by atoms with van der Waals surface area (Å²) in [4.78, 5) is 32.8. The second-order valence-electron chi connectivity index (χ2n) is 9.65. The van der Waals surface area contributed by atoms with Gasteiger partial charge in [-0.25, -0.2) is 9.37 Å². The molecule has 39 heavy (non-hydrogen) atoms. The highest BCUT2D eigenvalue weighted by Crippen LogP contribution is 2.45. The maximum absolute atomic E-state index is 13.9. The van der Waals surface area contributed by atoms with Crippen LogP contribution in [0.4, 0.5) is 9.52 Å². The summed E-state index contributed by atoms with van der Waals surface area (Å²) in [5.74, 6) is -0.943. The third-order valence-electron chi connectivity index (χ3n) is 6.83. The number of aliphatic hydroxyl groups excluding tert-OH is 1. The maximum atomic E-state index is 13.9. The van der Waals surface area contributed by atoms with Crippen LogP contribution < -0.4 is 14.4 Å². The molecule has 9 heteroatoms. The van der Waals surface area contributed by atoms with Crippen LogP contribution in [0.3, 0.4) is 0 Å². The minimum Gasteiger partial charge on any atom is -0.507 e. The molecule has 0 radical (unpaired) electrons. The quantitative estimate of drug-likeness (QED) is 0.177. The highest BCUT2D eigenvalue weighted by molar-refractivity contribution is 7.22. The number of ketones is 1. The first kappa shape index (κ1) is 25.1. The van der Waals surface area contributed by atoms with E-state index in [-0.39, 0.29) is 22.6 Å². The first-order valence-corrected chi connectivity index (χ1v) is 13.6. The predicted octanol–water partition coefficient (Wildman–Crippen LogP) is 6.17. The predicted molar refractivity (Wildman–Crippen MR) is 147 cm³/mol. The van der Waals surface area contributed by atoms with E-state index in [1.807, 2.05) is 13.8 Å². The molecule has 1 amide bonds. The molecular formula is C30H25FN2O5S. The van der Waals surface area contributed by atoms with E-state index >= 15 is 0 Å². The average Bonchev–Trinajstić information content (AvgIpc) is 3.59. The lowest BCUT2D eigenvalue weighted by atomic mass is 9.94. The van der Waals surface area contributed by atoms with Crippen LogP contribution in [0, 0.1) is 5.82 Å². The molecule has 0 spiro atoms. The van der Waals surface area contributed by atoms with Crippen molar-refractivity contribution >= 4 is 44.1 Å². The smallest absolute Gasteiger partial charge is 0.301 e. The van der Waals surface area contributed by atoms with Crippen molar-refractivity contribution in [1.29, 1.82) is 0 Å². The molecule has 198 valence electrons. The molecular weight excluding hydrogens is 519 g/mol. The maximum Gasteiger partial charge on any atom is 0.301 e. The summed E-state index contributed by atoms with van der Waals surface area (Å²) in [7, 11) is 0. The van der Waals surface area contributed by atoms with E-state index in [1.165, 1.54) is 23.1 Å². The van der Waals surface area contributed by atoms with Crippen molar-refractivity contribution in [2.24, 2.45) is 0 Å². The number of fused-ring (bicyclic) bond motifs is 2. The van der Waals surface area contributed by atoms with Crippen molar-refractivity contribution in [1.82, 2.24) is 4.98 Å². The zero-order chi connectivity index (χ0) is 27.3. The normalized spacial score (nSPS) is 19.9. The number of Topliss-reactive ketones (excluding diaryl/α,β-unsaturated/α-hetero) is 1. The Labute approximate surface area is 228 Å². The third kappa shape index (κ3) is 4.42. The average molecular weight is 545 g/mol. The van der Waals surface area contributed by atoms with E-state index in [1.54, 1.807) is 42.5 Å². The molecule has 4 aromatic rings. The molecule has 1 aromatic heterocycles. The Morgan fingerprint density at radius 1 is 1.15 bits per heavy atom. The summed E-state index contributed by atoms with van der Waals surface area (Å²) >= 11 is 1.11. The Bertz CT molecular complexity index is 1650. The van der Waals surface area contributed by atoms with Crippen molar-refractivity contribution in [2.45, 2.75) is 38.8 Å². The number of hydrogen-bond donors (Lipinski definition) is 1. The van der Waals surface area contributed by atoms with Gasteiger partial charge in [0.1, 0.15) is 29.2 Å². The fourth-order valence-electron chi connectivity index (χ4n) is 5.03. The standard InChI is InChI=1S/C30H25FN2O5S/c1-3-12-37-21-8-4-17(5-9-21)26-25(27(34)18-6-11-23-19(14-18)13-16(2)38-23)28(35)29(36)33(26)30-32-22-10-7-20(31)15-24(22)39-30/h4-11,14-16,26,34H,3,12-13H2,1-2H3/t16-,26-/m1/s1.